The van der Waals surface area contributed by atoms with E-state index < -0.39 is 12.2 Å². The highest BCUT2D eigenvalue weighted by Gasteiger charge is 2.16. The number of Topliss-reactive ketones (excluding diaryl/α,β-unsaturated/α-hetero) is 1. The number of amides is 1. The molecule has 0 aromatic heterocycles. The van der Waals surface area contributed by atoms with Gasteiger partial charge in [-0.1, -0.05) is 30.7 Å². The fourth-order valence-electron chi connectivity index (χ4n) is 1.45. The van der Waals surface area contributed by atoms with Crippen LogP contribution >= 0.6 is 11.6 Å². The van der Waals surface area contributed by atoms with Crippen LogP contribution < -0.4 is 5.32 Å². The second kappa shape index (κ2) is 7.19. The Morgan fingerprint density at radius 3 is 2.58 bits per heavy atom. The SMILES string of the molecule is CCCNC(=O)CC(=O)c1ccc(C(F)F)c(Cl)c1. The van der Waals surface area contributed by atoms with E-state index in [1.807, 2.05) is 6.92 Å². The highest BCUT2D eigenvalue weighted by molar-refractivity contribution is 6.31. The van der Waals surface area contributed by atoms with E-state index in [0.29, 0.717) is 6.54 Å². The number of benzene rings is 1. The molecule has 0 atom stereocenters. The van der Waals surface area contributed by atoms with Gasteiger partial charge >= 0.3 is 0 Å². The maximum absolute atomic E-state index is 12.5. The van der Waals surface area contributed by atoms with Gasteiger partial charge in [-0.3, -0.25) is 9.59 Å². The molecule has 0 bridgehead atoms. The molecule has 0 aliphatic heterocycles. The van der Waals surface area contributed by atoms with Crippen LogP contribution in [-0.2, 0) is 4.79 Å². The normalized spacial score (nSPS) is 10.6. The summed E-state index contributed by atoms with van der Waals surface area (Å²) in [4.78, 5) is 23.1. The van der Waals surface area contributed by atoms with Gasteiger partial charge in [0.25, 0.3) is 6.43 Å². The van der Waals surface area contributed by atoms with Gasteiger partial charge < -0.3 is 5.32 Å². The molecule has 1 aromatic carbocycles. The summed E-state index contributed by atoms with van der Waals surface area (Å²) in [5, 5.41) is 2.39. The number of carbonyl (C=O) groups excluding carboxylic acids is 2. The highest BCUT2D eigenvalue weighted by Crippen LogP contribution is 2.27. The Hall–Kier alpha value is -1.49. The summed E-state index contributed by atoms with van der Waals surface area (Å²) in [6.45, 7) is 2.39. The van der Waals surface area contributed by atoms with Crippen LogP contribution in [0.15, 0.2) is 18.2 Å². The van der Waals surface area contributed by atoms with Gasteiger partial charge in [-0.05, 0) is 12.5 Å². The van der Waals surface area contributed by atoms with Crippen LogP contribution in [0.3, 0.4) is 0 Å². The highest BCUT2D eigenvalue weighted by atomic mass is 35.5. The van der Waals surface area contributed by atoms with Crippen molar-refractivity contribution < 1.29 is 18.4 Å². The van der Waals surface area contributed by atoms with Gasteiger partial charge in [0, 0.05) is 17.7 Å². The minimum Gasteiger partial charge on any atom is -0.356 e. The van der Waals surface area contributed by atoms with E-state index in [-0.39, 0.29) is 28.5 Å². The fraction of sp³-hybridized carbons (Fsp3) is 0.385. The van der Waals surface area contributed by atoms with E-state index in [2.05, 4.69) is 5.32 Å². The maximum atomic E-state index is 12.5. The molecule has 0 radical (unpaired) electrons. The Bertz CT molecular complexity index is 478. The summed E-state index contributed by atoms with van der Waals surface area (Å²) in [6.07, 6.45) is -2.23. The number of halogens is 3. The number of rotatable bonds is 6. The molecule has 0 aliphatic rings. The third-order valence-electron chi connectivity index (χ3n) is 2.45. The smallest absolute Gasteiger partial charge is 0.265 e. The third kappa shape index (κ3) is 4.59. The van der Waals surface area contributed by atoms with Crippen molar-refractivity contribution in [2.75, 3.05) is 6.54 Å². The van der Waals surface area contributed by atoms with E-state index in [9.17, 15) is 18.4 Å². The van der Waals surface area contributed by atoms with E-state index in [0.717, 1.165) is 12.5 Å². The molecule has 1 rings (SSSR count). The van der Waals surface area contributed by atoms with E-state index in [4.69, 9.17) is 11.6 Å². The van der Waals surface area contributed by atoms with Crippen LogP contribution in [0.1, 0.15) is 42.1 Å². The molecule has 104 valence electrons. The molecule has 0 heterocycles. The second-order valence-electron chi connectivity index (χ2n) is 3.99. The molecule has 1 amide bonds. The zero-order chi connectivity index (χ0) is 14.4. The van der Waals surface area contributed by atoms with Crippen molar-refractivity contribution in [2.24, 2.45) is 0 Å². The third-order valence-corrected chi connectivity index (χ3v) is 2.78. The standard InChI is InChI=1S/C13H14ClF2NO2/c1-2-5-17-12(19)7-11(18)8-3-4-9(13(15)16)10(14)6-8/h3-4,6,13H,2,5,7H2,1H3,(H,17,19). The maximum Gasteiger partial charge on any atom is 0.265 e. The Balaban J connectivity index is 2.73. The van der Waals surface area contributed by atoms with Crippen molar-refractivity contribution in [3.8, 4) is 0 Å². The summed E-state index contributed by atoms with van der Waals surface area (Å²) >= 11 is 5.66. The van der Waals surface area contributed by atoms with E-state index >= 15 is 0 Å². The van der Waals surface area contributed by atoms with Crippen molar-refractivity contribution >= 4 is 23.3 Å². The van der Waals surface area contributed by atoms with Crippen LogP contribution in [-0.4, -0.2) is 18.2 Å². The molecule has 0 saturated carbocycles. The molecule has 0 unspecified atom stereocenters. The first-order chi connectivity index (χ1) is 8.95. The molecular formula is C13H14ClF2NO2. The van der Waals surface area contributed by atoms with Crippen LogP contribution in [0.2, 0.25) is 5.02 Å². The molecule has 1 aromatic rings. The number of ketones is 1. The van der Waals surface area contributed by atoms with Gasteiger partial charge in [-0.25, -0.2) is 8.78 Å². The molecular weight excluding hydrogens is 276 g/mol. The average molecular weight is 290 g/mol. The molecule has 3 nitrogen and oxygen atoms in total. The van der Waals surface area contributed by atoms with Crippen molar-refractivity contribution in [2.45, 2.75) is 26.2 Å². The molecule has 1 N–H and O–H groups in total. The van der Waals surface area contributed by atoms with Crippen molar-refractivity contribution in [1.29, 1.82) is 0 Å². The number of carbonyl (C=O) groups is 2. The summed E-state index contributed by atoms with van der Waals surface area (Å²) in [6, 6.07) is 3.52. The summed E-state index contributed by atoms with van der Waals surface area (Å²) in [5.74, 6) is -0.836. The van der Waals surface area contributed by atoms with Gasteiger partial charge in [0.05, 0.1) is 11.4 Å². The first-order valence-corrected chi connectivity index (χ1v) is 6.21. The predicted molar refractivity (Wildman–Crippen MR) is 68.7 cm³/mol. The van der Waals surface area contributed by atoms with Gasteiger partial charge in [0.2, 0.25) is 5.91 Å². The molecule has 0 fully saturated rings. The Morgan fingerprint density at radius 1 is 1.37 bits per heavy atom. The number of nitrogens with one attached hydrogen (secondary N) is 1. The van der Waals surface area contributed by atoms with Crippen molar-refractivity contribution in [3.63, 3.8) is 0 Å². The molecule has 6 heteroatoms. The molecule has 0 aliphatic carbocycles. The predicted octanol–water partition coefficient (Wildman–Crippen LogP) is 3.38. The van der Waals surface area contributed by atoms with Gasteiger partial charge in [0.15, 0.2) is 5.78 Å². The lowest BCUT2D eigenvalue weighted by Crippen LogP contribution is -2.26. The molecule has 0 spiro atoms. The minimum absolute atomic E-state index is 0.154. The second-order valence-corrected chi connectivity index (χ2v) is 4.39. The Labute approximate surface area is 114 Å². The van der Waals surface area contributed by atoms with Gasteiger partial charge in [-0.15, -0.1) is 0 Å². The lowest BCUT2D eigenvalue weighted by molar-refractivity contribution is -0.120. The topological polar surface area (TPSA) is 46.2 Å². The van der Waals surface area contributed by atoms with Crippen molar-refractivity contribution in [3.05, 3.63) is 34.3 Å². The van der Waals surface area contributed by atoms with E-state index in [1.54, 1.807) is 0 Å². The van der Waals surface area contributed by atoms with Crippen molar-refractivity contribution in [1.82, 2.24) is 5.32 Å². The zero-order valence-corrected chi connectivity index (χ0v) is 11.1. The summed E-state index contributed by atoms with van der Waals surface area (Å²) < 4.78 is 25.0. The molecule has 19 heavy (non-hydrogen) atoms. The van der Waals surface area contributed by atoms with Crippen LogP contribution in [0, 0.1) is 0 Å². The first kappa shape index (κ1) is 15.6. The molecule has 0 saturated heterocycles. The summed E-state index contributed by atoms with van der Waals surface area (Å²) in [5.41, 5.74) is -0.172. The first-order valence-electron chi connectivity index (χ1n) is 5.83. The largest absolute Gasteiger partial charge is 0.356 e. The zero-order valence-electron chi connectivity index (χ0n) is 10.4. The Morgan fingerprint density at radius 2 is 2.05 bits per heavy atom. The summed E-state index contributed by atoms with van der Waals surface area (Å²) in [7, 11) is 0. The monoisotopic (exact) mass is 289 g/mol. The number of alkyl halides is 2. The number of hydrogen-bond acceptors (Lipinski definition) is 2. The average Bonchev–Trinajstić information content (AvgIpc) is 2.35. The van der Waals surface area contributed by atoms with Gasteiger partial charge in [-0.2, -0.15) is 0 Å². The fourth-order valence-corrected chi connectivity index (χ4v) is 1.72. The Kier molecular flexibility index (Phi) is 5.89. The van der Waals surface area contributed by atoms with Gasteiger partial charge in [0.1, 0.15) is 0 Å². The lowest BCUT2D eigenvalue weighted by atomic mass is 10.1. The minimum atomic E-state index is -2.69. The van der Waals surface area contributed by atoms with E-state index in [1.165, 1.54) is 12.1 Å². The number of hydrogen-bond donors (Lipinski definition) is 1. The van der Waals surface area contributed by atoms with Crippen LogP contribution in [0.5, 0.6) is 0 Å². The lowest BCUT2D eigenvalue weighted by Gasteiger charge is -2.06. The van der Waals surface area contributed by atoms with Crippen LogP contribution in [0.4, 0.5) is 8.78 Å². The van der Waals surface area contributed by atoms with Crippen LogP contribution in [0.25, 0.3) is 0 Å². The quantitative estimate of drug-likeness (QED) is 0.644.